The molecule has 2 rings (SSSR count). The first-order chi connectivity index (χ1) is 7.34. The van der Waals surface area contributed by atoms with E-state index in [1.54, 1.807) is 11.3 Å². The van der Waals surface area contributed by atoms with Crippen molar-refractivity contribution >= 4 is 22.7 Å². The minimum atomic E-state index is 0.543. The standard InChI is InChI=1S/C12H15NS2/c1-10(7-11-4-6-14-9-11)13-8-12-3-2-5-15-12/h2-6,9-10,13H,7-8H2,1H3. The van der Waals surface area contributed by atoms with E-state index in [0.717, 1.165) is 13.0 Å². The van der Waals surface area contributed by atoms with Gasteiger partial charge in [-0.2, -0.15) is 11.3 Å². The molecule has 2 aromatic rings. The van der Waals surface area contributed by atoms with Gasteiger partial charge in [-0.05, 0) is 47.2 Å². The topological polar surface area (TPSA) is 12.0 Å². The minimum Gasteiger partial charge on any atom is -0.309 e. The monoisotopic (exact) mass is 237 g/mol. The van der Waals surface area contributed by atoms with Crippen LogP contribution in [-0.4, -0.2) is 6.04 Å². The van der Waals surface area contributed by atoms with Crippen LogP contribution in [-0.2, 0) is 13.0 Å². The fourth-order valence-corrected chi connectivity index (χ4v) is 2.86. The van der Waals surface area contributed by atoms with E-state index in [2.05, 4.69) is 46.6 Å². The summed E-state index contributed by atoms with van der Waals surface area (Å²) in [4.78, 5) is 1.41. The lowest BCUT2D eigenvalue weighted by molar-refractivity contribution is 0.549. The van der Waals surface area contributed by atoms with Crippen LogP contribution in [0, 0.1) is 0 Å². The maximum absolute atomic E-state index is 3.54. The van der Waals surface area contributed by atoms with E-state index in [0.29, 0.717) is 6.04 Å². The zero-order chi connectivity index (χ0) is 10.5. The Morgan fingerprint density at radius 1 is 1.33 bits per heavy atom. The molecule has 1 N–H and O–H groups in total. The zero-order valence-corrected chi connectivity index (χ0v) is 10.4. The van der Waals surface area contributed by atoms with Gasteiger partial charge < -0.3 is 5.32 Å². The lowest BCUT2D eigenvalue weighted by Crippen LogP contribution is -2.26. The molecule has 0 bridgehead atoms. The van der Waals surface area contributed by atoms with Crippen LogP contribution in [0.3, 0.4) is 0 Å². The minimum absolute atomic E-state index is 0.543. The summed E-state index contributed by atoms with van der Waals surface area (Å²) >= 11 is 3.58. The van der Waals surface area contributed by atoms with Gasteiger partial charge in [0.2, 0.25) is 0 Å². The summed E-state index contributed by atoms with van der Waals surface area (Å²) < 4.78 is 0. The predicted molar refractivity (Wildman–Crippen MR) is 68.6 cm³/mol. The van der Waals surface area contributed by atoms with E-state index < -0.39 is 0 Å². The molecular weight excluding hydrogens is 222 g/mol. The van der Waals surface area contributed by atoms with Crippen molar-refractivity contribution in [1.82, 2.24) is 5.32 Å². The van der Waals surface area contributed by atoms with E-state index >= 15 is 0 Å². The van der Waals surface area contributed by atoms with Gasteiger partial charge >= 0.3 is 0 Å². The van der Waals surface area contributed by atoms with Gasteiger partial charge in [0.25, 0.3) is 0 Å². The summed E-state index contributed by atoms with van der Waals surface area (Å²) in [6, 6.07) is 7.02. The first-order valence-electron chi connectivity index (χ1n) is 5.11. The third-order valence-corrected chi connectivity index (χ3v) is 3.94. The Morgan fingerprint density at radius 3 is 2.93 bits per heavy atom. The van der Waals surface area contributed by atoms with E-state index in [9.17, 15) is 0 Å². The Morgan fingerprint density at radius 2 is 2.27 bits per heavy atom. The van der Waals surface area contributed by atoms with Crippen molar-refractivity contribution in [2.45, 2.75) is 25.9 Å². The highest BCUT2D eigenvalue weighted by Crippen LogP contribution is 2.10. The second kappa shape index (κ2) is 5.45. The second-order valence-corrected chi connectivity index (χ2v) is 5.51. The van der Waals surface area contributed by atoms with Gasteiger partial charge in [0, 0.05) is 17.5 Å². The molecular formula is C12H15NS2. The van der Waals surface area contributed by atoms with Crippen LogP contribution in [0.1, 0.15) is 17.4 Å². The van der Waals surface area contributed by atoms with E-state index in [1.165, 1.54) is 10.4 Å². The Balaban J connectivity index is 1.76. The molecule has 0 amide bonds. The van der Waals surface area contributed by atoms with Crippen LogP contribution in [0.5, 0.6) is 0 Å². The van der Waals surface area contributed by atoms with Crippen LogP contribution in [0.25, 0.3) is 0 Å². The quantitative estimate of drug-likeness (QED) is 0.839. The molecule has 0 saturated heterocycles. The number of nitrogens with one attached hydrogen (secondary N) is 1. The first kappa shape index (κ1) is 10.9. The van der Waals surface area contributed by atoms with Crippen LogP contribution in [0.15, 0.2) is 34.3 Å². The number of hydrogen-bond acceptors (Lipinski definition) is 3. The average Bonchev–Trinajstić information content (AvgIpc) is 2.86. The summed E-state index contributed by atoms with van der Waals surface area (Å²) in [7, 11) is 0. The third-order valence-electron chi connectivity index (χ3n) is 2.33. The van der Waals surface area contributed by atoms with Crippen molar-refractivity contribution in [2.24, 2.45) is 0 Å². The number of thiophene rings is 2. The van der Waals surface area contributed by atoms with Crippen LogP contribution in [0.4, 0.5) is 0 Å². The molecule has 80 valence electrons. The molecule has 0 spiro atoms. The molecule has 0 aromatic carbocycles. The molecule has 1 nitrogen and oxygen atoms in total. The summed E-state index contributed by atoms with van der Waals surface area (Å²) in [6.07, 6.45) is 1.12. The maximum Gasteiger partial charge on any atom is 0.0302 e. The molecule has 0 aliphatic rings. The Hall–Kier alpha value is -0.640. The van der Waals surface area contributed by atoms with E-state index in [-0.39, 0.29) is 0 Å². The Bertz CT molecular complexity index is 364. The molecule has 3 heteroatoms. The Labute approximate surface area is 98.8 Å². The fourth-order valence-electron chi connectivity index (χ4n) is 1.52. The van der Waals surface area contributed by atoms with Crippen molar-refractivity contribution in [3.05, 3.63) is 44.8 Å². The van der Waals surface area contributed by atoms with Crippen LogP contribution >= 0.6 is 22.7 Å². The van der Waals surface area contributed by atoms with Crippen molar-refractivity contribution in [3.8, 4) is 0 Å². The molecule has 0 aliphatic carbocycles. The number of rotatable bonds is 5. The average molecular weight is 237 g/mol. The molecule has 1 unspecified atom stereocenters. The molecule has 1 atom stereocenters. The van der Waals surface area contributed by atoms with Crippen molar-refractivity contribution < 1.29 is 0 Å². The van der Waals surface area contributed by atoms with Gasteiger partial charge in [-0.25, -0.2) is 0 Å². The normalized spacial score (nSPS) is 12.9. The lowest BCUT2D eigenvalue weighted by Gasteiger charge is -2.11. The van der Waals surface area contributed by atoms with Crippen LogP contribution < -0.4 is 5.32 Å². The third kappa shape index (κ3) is 3.45. The van der Waals surface area contributed by atoms with Gasteiger partial charge in [-0.15, -0.1) is 11.3 Å². The van der Waals surface area contributed by atoms with Gasteiger partial charge in [-0.1, -0.05) is 6.07 Å². The zero-order valence-electron chi connectivity index (χ0n) is 8.77. The van der Waals surface area contributed by atoms with Crippen molar-refractivity contribution in [1.29, 1.82) is 0 Å². The highest BCUT2D eigenvalue weighted by Gasteiger charge is 2.03. The molecule has 0 radical (unpaired) electrons. The molecule has 2 aromatic heterocycles. The Kier molecular flexibility index (Phi) is 3.94. The molecule has 0 aliphatic heterocycles. The largest absolute Gasteiger partial charge is 0.309 e. The smallest absolute Gasteiger partial charge is 0.0302 e. The maximum atomic E-state index is 3.54. The molecule has 0 fully saturated rings. The SMILES string of the molecule is CC(Cc1ccsc1)NCc1cccs1. The summed E-state index contributed by atoms with van der Waals surface area (Å²) in [5.74, 6) is 0. The van der Waals surface area contributed by atoms with E-state index in [4.69, 9.17) is 0 Å². The van der Waals surface area contributed by atoms with Crippen molar-refractivity contribution in [2.75, 3.05) is 0 Å². The van der Waals surface area contributed by atoms with Crippen LogP contribution in [0.2, 0.25) is 0 Å². The summed E-state index contributed by atoms with van der Waals surface area (Å²) in [5.41, 5.74) is 1.44. The second-order valence-electron chi connectivity index (χ2n) is 3.70. The van der Waals surface area contributed by atoms with E-state index in [1.807, 2.05) is 11.3 Å². The molecule has 15 heavy (non-hydrogen) atoms. The predicted octanol–water partition coefficient (Wildman–Crippen LogP) is 3.53. The summed E-state index contributed by atoms with van der Waals surface area (Å²) in [5, 5.41) is 10.0. The summed E-state index contributed by atoms with van der Waals surface area (Å²) in [6.45, 7) is 3.23. The molecule has 2 heterocycles. The van der Waals surface area contributed by atoms with Gasteiger partial charge in [0.1, 0.15) is 0 Å². The molecule has 0 saturated carbocycles. The van der Waals surface area contributed by atoms with Crippen molar-refractivity contribution in [3.63, 3.8) is 0 Å². The highest BCUT2D eigenvalue weighted by molar-refractivity contribution is 7.09. The van der Waals surface area contributed by atoms with Gasteiger partial charge in [0.15, 0.2) is 0 Å². The highest BCUT2D eigenvalue weighted by atomic mass is 32.1. The lowest BCUT2D eigenvalue weighted by atomic mass is 10.1. The first-order valence-corrected chi connectivity index (χ1v) is 6.93. The number of hydrogen-bond donors (Lipinski definition) is 1. The fraction of sp³-hybridized carbons (Fsp3) is 0.333. The van der Waals surface area contributed by atoms with Gasteiger partial charge in [-0.3, -0.25) is 0 Å². The van der Waals surface area contributed by atoms with Gasteiger partial charge in [0.05, 0.1) is 0 Å².